The summed E-state index contributed by atoms with van der Waals surface area (Å²) in [7, 11) is 0. The number of nitrogens with zero attached hydrogens (tertiary/aromatic N) is 4. The van der Waals surface area contributed by atoms with Gasteiger partial charge in [0.05, 0.1) is 52.9 Å². The number of hydrogen-bond acceptors (Lipinski definition) is 6. The summed E-state index contributed by atoms with van der Waals surface area (Å²) in [5.74, 6) is 0.825. The van der Waals surface area contributed by atoms with Crippen LogP contribution in [-0.2, 0) is 4.79 Å². The molecular formula is C26H19N7O2. The molecule has 0 radical (unpaired) electrons. The van der Waals surface area contributed by atoms with Gasteiger partial charge in [0.2, 0.25) is 5.91 Å². The van der Waals surface area contributed by atoms with Crippen LogP contribution in [0.1, 0.15) is 12.8 Å². The van der Waals surface area contributed by atoms with Gasteiger partial charge in [0.25, 0.3) is 0 Å². The van der Waals surface area contributed by atoms with Crippen LogP contribution in [0.25, 0.3) is 55.8 Å². The van der Waals surface area contributed by atoms with E-state index in [1.807, 2.05) is 36.4 Å². The van der Waals surface area contributed by atoms with Crippen LogP contribution in [0.5, 0.6) is 0 Å². The molecule has 1 saturated carbocycles. The van der Waals surface area contributed by atoms with Crippen molar-refractivity contribution < 1.29 is 9.21 Å². The number of furan rings is 1. The lowest BCUT2D eigenvalue weighted by Crippen LogP contribution is -2.13. The molecule has 1 aliphatic carbocycles. The number of rotatable bonds is 5. The van der Waals surface area contributed by atoms with E-state index in [4.69, 9.17) is 9.40 Å². The van der Waals surface area contributed by atoms with Gasteiger partial charge >= 0.3 is 0 Å². The summed E-state index contributed by atoms with van der Waals surface area (Å²) in [6.45, 7) is 0. The highest BCUT2D eigenvalue weighted by Gasteiger charge is 2.29. The summed E-state index contributed by atoms with van der Waals surface area (Å²) in [6.07, 6.45) is 10.4. The molecule has 0 atom stereocenters. The first-order valence-corrected chi connectivity index (χ1v) is 11.3. The van der Waals surface area contributed by atoms with Gasteiger partial charge in [0.15, 0.2) is 5.82 Å². The van der Waals surface area contributed by atoms with Gasteiger partial charge in [0.1, 0.15) is 5.69 Å². The predicted molar refractivity (Wildman–Crippen MR) is 131 cm³/mol. The monoisotopic (exact) mass is 461 g/mol. The van der Waals surface area contributed by atoms with Crippen LogP contribution < -0.4 is 5.32 Å². The summed E-state index contributed by atoms with van der Waals surface area (Å²) < 4.78 is 5.26. The number of fused-ring (bicyclic) bond motifs is 2. The second-order valence-corrected chi connectivity index (χ2v) is 8.71. The molecular weight excluding hydrogens is 442 g/mol. The van der Waals surface area contributed by atoms with E-state index in [9.17, 15) is 4.79 Å². The Morgan fingerprint density at radius 3 is 2.86 bits per heavy atom. The Morgan fingerprint density at radius 1 is 1.06 bits per heavy atom. The zero-order valence-corrected chi connectivity index (χ0v) is 18.4. The Hall–Kier alpha value is -4.79. The summed E-state index contributed by atoms with van der Waals surface area (Å²) in [5.41, 5.74) is 7.40. The van der Waals surface area contributed by atoms with Gasteiger partial charge in [0, 0.05) is 34.2 Å². The van der Waals surface area contributed by atoms with Gasteiger partial charge in [-0.3, -0.25) is 19.9 Å². The first kappa shape index (κ1) is 19.7. The molecule has 7 rings (SSSR count). The quantitative estimate of drug-likeness (QED) is 0.325. The second kappa shape index (κ2) is 7.63. The van der Waals surface area contributed by atoms with Gasteiger partial charge in [-0.15, -0.1) is 0 Å². The molecule has 5 aromatic heterocycles. The maximum atomic E-state index is 12.2. The van der Waals surface area contributed by atoms with Crippen molar-refractivity contribution in [1.82, 2.24) is 30.1 Å². The summed E-state index contributed by atoms with van der Waals surface area (Å²) in [5, 5.41) is 11.4. The van der Waals surface area contributed by atoms with Gasteiger partial charge in [-0.2, -0.15) is 5.10 Å². The normalized spacial score (nSPS) is 13.5. The number of aromatic nitrogens is 6. The maximum absolute atomic E-state index is 12.2. The molecule has 1 aliphatic rings. The van der Waals surface area contributed by atoms with Gasteiger partial charge in [-0.1, -0.05) is 12.1 Å². The lowest BCUT2D eigenvalue weighted by molar-refractivity contribution is -0.117. The fraction of sp³-hybridized carbons (Fsp3) is 0.115. The molecule has 1 amide bonds. The Kier molecular flexibility index (Phi) is 4.28. The van der Waals surface area contributed by atoms with Crippen LogP contribution in [0, 0.1) is 5.92 Å². The van der Waals surface area contributed by atoms with E-state index < -0.39 is 0 Å². The Bertz CT molecular complexity index is 1710. The van der Waals surface area contributed by atoms with Crippen molar-refractivity contribution >= 4 is 33.5 Å². The van der Waals surface area contributed by atoms with Crippen LogP contribution in [0.2, 0.25) is 0 Å². The zero-order valence-electron chi connectivity index (χ0n) is 18.4. The van der Waals surface area contributed by atoms with Crippen LogP contribution in [0.3, 0.4) is 0 Å². The van der Waals surface area contributed by atoms with Crippen LogP contribution in [0.4, 0.5) is 5.69 Å². The largest absolute Gasteiger partial charge is 0.472 e. The molecule has 0 saturated heterocycles. The molecule has 0 aliphatic heterocycles. The average Bonchev–Trinajstić information content (AvgIpc) is 3.26. The molecule has 1 aromatic carbocycles. The van der Waals surface area contributed by atoms with Gasteiger partial charge < -0.3 is 14.7 Å². The molecule has 5 heterocycles. The Labute approximate surface area is 198 Å². The first-order valence-electron chi connectivity index (χ1n) is 11.3. The molecule has 3 N–H and O–H groups in total. The molecule has 0 spiro atoms. The number of carbonyl (C=O) groups excluding carboxylic acids is 1. The number of imidazole rings is 1. The molecule has 6 aromatic rings. The van der Waals surface area contributed by atoms with Crippen molar-refractivity contribution in [3.63, 3.8) is 0 Å². The van der Waals surface area contributed by atoms with Crippen molar-refractivity contribution in [2.24, 2.45) is 5.92 Å². The van der Waals surface area contributed by atoms with Crippen molar-refractivity contribution in [3.8, 4) is 33.9 Å². The number of aromatic amines is 2. The predicted octanol–water partition coefficient (Wildman–Crippen LogP) is 5.17. The van der Waals surface area contributed by atoms with Crippen LogP contribution in [-0.4, -0.2) is 36.0 Å². The third-order valence-corrected chi connectivity index (χ3v) is 6.27. The molecule has 170 valence electrons. The van der Waals surface area contributed by atoms with E-state index in [2.05, 4.69) is 30.5 Å². The van der Waals surface area contributed by atoms with Crippen molar-refractivity contribution in [1.29, 1.82) is 0 Å². The summed E-state index contributed by atoms with van der Waals surface area (Å²) in [6, 6.07) is 11.8. The number of hydrogen-bond donors (Lipinski definition) is 3. The van der Waals surface area contributed by atoms with Crippen molar-refractivity contribution in [2.75, 3.05) is 5.32 Å². The number of H-pyrrole nitrogens is 2. The second-order valence-electron chi connectivity index (χ2n) is 8.71. The highest BCUT2D eigenvalue weighted by atomic mass is 16.3. The first-order chi connectivity index (χ1) is 17.2. The van der Waals surface area contributed by atoms with E-state index in [0.29, 0.717) is 17.2 Å². The lowest BCUT2D eigenvalue weighted by Gasteiger charge is -2.06. The number of amides is 1. The minimum Gasteiger partial charge on any atom is -0.472 e. The summed E-state index contributed by atoms with van der Waals surface area (Å²) >= 11 is 0. The standard InChI is InChI=1S/C26H19N7O2/c34-26(14-4-5-14)29-17-8-16(10-27-11-17)21-9-19-22(12-28-21)32-33-24(19)25-30-20-3-1-2-18(23(20)31-25)15-6-7-35-13-15/h1-3,6-14H,4-5H2,(H,29,34)(H,30,31)(H,32,33). The Balaban J connectivity index is 1.29. The fourth-order valence-electron chi connectivity index (χ4n) is 4.29. The molecule has 0 bridgehead atoms. The smallest absolute Gasteiger partial charge is 0.227 e. The molecule has 9 nitrogen and oxygen atoms in total. The van der Waals surface area contributed by atoms with E-state index in [1.54, 1.807) is 31.1 Å². The van der Waals surface area contributed by atoms with Gasteiger partial charge in [-0.05, 0) is 37.1 Å². The van der Waals surface area contributed by atoms with E-state index in [1.165, 1.54) is 0 Å². The average molecular weight is 461 g/mol. The Morgan fingerprint density at radius 2 is 2.00 bits per heavy atom. The number of carbonyl (C=O) groups is 1. The SMILES string of the molecule is O=C(Nc1cncc(-c2cc3c(-c4nc5c(-c6ccoc6)cccc5[nH]4)n[nH]c3cn2)c1)C1CC1. The third-order valence-electron chi connectivity index (χ3n) is 6.27. The minimum absolute atomic E-state index is 0.0455. The van der Waals surface area contributed by atoms with Gasteiger partial charge in [-0.25, -0.2) is 4.98 Å². The maximum Gasteiger partial charge on any atom is 0.227 e. The minimum atomic E-state index is 0.0455. The number of anilines is 1. The van der Waals surface area contributed by atoms with E-state index in [0.717, 1.165) is 57.2 Å². The van der Waals surface area contributed by atoms with Crippen molar-refractivity contribution in [3.05, 3.63) is 67.5 Å². The van der Waals surface area contributed by atoms with Crippen LogP contribution in [0.15, 0.2) is 71.9 Å². The zero-order chi connectivity index (χ0) is 23.4. The molecule has 0 unspecified atom stereocenters. The third kappa shape index (κ3) is 3.45. The number of nitrogens with one attached hydrogen (secondary N) is 3. The van der Waals surface area contributed by atoms with E-state index >= 15 is 0 Å². The fourth-order valence-corrected chi connectivity index (χ4v) is 4.29. The van der Waals surface area contributed by atoms with E-state index in [-0.39, 0.29) is 11.8 Å². The van der Waals surface area contributed by atoms with Crippen LogP contribution >= 0.6 is 0 Å². The number of para-hydroxylation sites is 1. The topological polar surface area (TPSA) is 125 Å². The highest BCUT2D eigenvalue weighted by molar-refractivity contribution is 5.98. The molecule has 1 fully saturated rings. The summed E-state index contributed by atoms with van der Waals surface area (Å²) in [4.78, 5) is 29.3. The van der Waals surface area contributed by atoms with Crippen molar-refractivity contribution in [2.45, 2.75) is 12.8 Å². The lowest BCUT2D eigenvalue weighted by atomic mass is 10.1. The highest BCUT2D eigenvalue weighted by Crippen LogP contribution is 2.33. The number of pyridine rings is 2. The molecule has 9 heteroatoms. The number of benzene rings is 1. The molecule has 35 heavy (non-hydrogen) atoms.